The standard InChI is InChI=1S/C9H8S/c1-2-6-9-8(4-1)5-3-7-10-9/h1-4,6-7H,5H2. The van der Waals surface area contributed by atoms with Gasteiger partial charge in [-0.05, 0) is 23.5 Å². The molecule has 0 radical (unpaired) electrons. The lowest BCUT2D eigenvalue weighted by Crippen LogP contribution is -1.87. The lowest BCUT2D eigenvalue weighted by atomic mass is 10.1. The molecule has 10 heavy (non-hydrogen) atoms. The molecule has 0 amide bonds. The zero-order chi connectivity index (χ0) is 6.81. The zero-order valence-electron chi connectivity index (χ0n) is 5.58. The smallest absolute Gasteiger partial charge is 0.0151 e. The Hall–Kier alpha value is -0.690. The van der Waals surface area contributed by atoms with Crippen LogP contribution in [0.1, 0.15) is 5.56 Å². The summed E-state index contributed by atoms with van der Waals surface area (Å²) >= 11 is 1.81. The van der Waals surface area contributed by atoms with Crippen LogP contribution in [0.15, 0.2) is 40.6 Å². The summed E-state index contributed by atoms with van der Waals surface area (Å²) in [7, 11) is 0. The lowest BCUT2D eigenvalue weighted by Gasteiger charge is -2.07. The molecular weight excluding hydrogens is 140 g/mol. The first-order valence-corrected chi connectivity index (χ1v) is 4.24. The van der Waals surface area contributed by atoms with Crippen LogP contribution in [0, 0.1) is 0 Å². The SMILES string of the molecule is C1=CSc2ccccc2C1. The third-order valence-electron chi connectivity index (χ3n) is 1.60. The quantitative estimate of drug-likeness (QED) is 0.545. The maximum Gasteiger partial charge on any atom is 0.0151 e. The number of benzene rings is 1. The van der Waals surface area contributed by atoms with Crippen molar-refractivity contribution in [1.82, 2.24) is 0 Å². The molecule has 50 valence electrons. The van der Waals surface area contributed by atoms with Crippen LogP contribution >= 0.6 is 11.8 Å². The van der Waals surface area contributed by atoms with Crippen molar-refractivity contribution in [3.63, 3.8) is 0 Å². The van der Waals surface area contributed by atoms with Crippen LogP contribution in [0.2, 0.25) is 0 Å². The summed E-state index contributed by atoms with van der Waals surface area (Å²) in [4.78, 5) is 1.41. The summed E-state index contributed by atoms with van der Waals surface area (Å²) in [5.41, 5.74) is 1.45. The number of rotatable bonds is 0. The molecule has 2 rings (SSSR count). The Kier molecular flexibility index (Phi) is 1.52. The van der Waals surface area contributed by atoms with Gasteiger partial charge in [-0.15, -0.1) is 0 Å². The highest BCUT2D eigenvalue weighted by atomic mass is 32.2. The number of thioether (sulfide) groups is 1. The van der Waals surface area contributed by atoms with Crippen molar-refractivity contribution >= 4 is 11.8 Å². The summed E-state index contributed by atoms with van der Waals surface area (Å²) < 4.78 is 0. The lowest BCUT2D eigenvalue weighted by molar-refractivity contribution is 1.17. The number of hydrogen-bond acceptors (Lipinski definition) is 1. The van der Waals surface area contributed by atoms with Gasteiger partial charge in [0.1, 0.15) is 0 Å². The second-order valence-electron chi connectivity index (χ2n) is 2.30. The Morgan fingerprint density at radius 1 is 1.20 bits per heavy atom. The Balaban J connectivity index is 2.47. The minimum absolute atomic E-state index is 1.10. The molecule has 1 aromatic rings. The van der Waals surface area contributed by atoms with Crippen molar-refractivity contribution in [2.24, 2.45) is 0 Å². The molecular formula is C9H8S. The van der Waals surface area contributed by atoms with Gasteiger partial charge in [-0.2, -0.15) is 0 Å². The average Bonchev–Trinajstić information content (AvgIpc) is 2.05. The Bertz CT molecular complexity index is 236. The highest BCUT2D eigenvalue weighted by Crippen LogP contribution is 2.27. The van der Waals surface area contributed by atoms with Crippen LogP contribution < -0.4 is 0 Å². The van der Waals surface area contributed by atoms with E-state index in [0.717, 1.165) is 6.42 Å². The van der Waals surface area contributed by atoms with Crippen LogP contribution in [0.4, 0.5) is 0 Å². The number of fused-ring (bicyclic) bond motifs is 1. The minimum Gasteiger partial charge on any atom is -0.0981 e. The molecule has 0 atom stereocenters. The van der Waals surface area contributed by atoms with Crippen molar-refractivity contribution in [2.45, 2.75) is 11.3 Å². The van der Waals surface area contributed by atoms with E-state index >= 15 is 0 Å². The van der Waals surface area contributed by atoms with E-state index in [4.69, 9.17) is 0 Å². The van der Waals surface area contributed by atoms with Crippen LogP contribution in [-0.2, 0) is 6.42 Å². The molecule has 1 heteroatoms. The minimum atomic E-state index is 1.10. The first-order chi connectivity index (χ1) is 4.97. The molecule has 0 saturated carbocycles. The largest absolute Gasteiger partial charge is 0.0981 e. The van der Waals surface area contributed by atoms with Gasteiger partial charge in [0.2, 0.25) is 0 Å². The molecule has 1 aromatic carbocycles. The molecule has 0 aliphatic carbocycles. The Morgan fingerprint density at radius 3 is 3.00 bits per heavy atom. The first-order valence-electron chi connectivity index (χ1n) is 3.36. The van der Waals surface area contributed by atoms with E-state index in [1.165, 1.54) is 10.5 Å². The van der Waals surface area contributed by atoms with Gasteiger partial charge in [0.15, 0.2) is 0 Å². The van der Waals surface area contributed by atoms with Crippen LogP contribution in [0.25, 0.3) is 0 Å². The second-order valence-corrected chi connectivity index (χ2v) is 3.25. The summed E-state index contributed by atoms with van der Waals surface area (Å²) in [6, 6.07) is 8.54. The highest BCUT2D eigenvalue weighted by Gasteiger charge is 2.01. The third kappa shape index (κ3) is 0.971. The molecule has 0 nitrogen and oxygen atoms in total. The number of allylic oxidation sites excluding steroid dienone is 1. The van der Waals surface area contributed by atoms with E-state index in [1.807, 2.05) is 11.8 Å². The fourth-order valence-corrected chi connectivity index (χ4v) is 1.88. The fraction of sp³-hybridized carbons (Fsp3) is 0.111. The van der Waals surface area contributed by atoms with E-state index in [9.17, 15) is 0 Å². The van der Waals surface area contributed by atoms with Gasteiger partial charge in [-0.25, -0.2) is 0 Å². The summed E-state index contributed by atoms with van der Waals surface area (Å²) in [5, 5.41) is 2.16. The second kappa shape index (κ2) is 2.51. The van der Waals surface area contributed by atoms with Crippen molar-refractivity contribution in [1.29, 1.82) is 0 Å². The van der Waals surface area contributed by atoms with Crippen molar-refractivity contribution < 1.29 is 0 Å². The molecule has 0 N–H and O–H groups in total. The third-order valence-corrected chi connectivity index (χ3v) is 2.58. The van der Waals surface area contributed by atoms with Crippen LogP contribution in [-0.4, -0.2) is 0 Å². The molecule has 0 spiro atoms. The van der Waals surface area contributed by atoms with Gasteiger partial charge in [0.05, 0.1) is 0 Å². The van der Waals surface area contributed by atoms with Gasteiger partial charge in [-0.3, -0.25) is 0 Å². The molecule has 0 fully saturated rings. The molecule has 1 aliphatic heterocycles. The predicted molar refractivity (Wildman–Crippen MR) is 45.1 cm³/mol. The van der Waals surface area contributed by atoms with E-state index in [1.54, 1.807) is 0 Å². The van der Waals surface area contributed by atoms with E-state index in [0.29, 0.717) is 0 Å². The van der Waals surface area contributed by atoms with E-state index in [-0.39, 0.29) is 0 Å². The van der Waals surface area contributed by atoms with E-state index < -0.39 is 0 Å². The Morgan fingerprint density at radius 2 is 2.10 bits per heavy atom. The predicted octanol–water partition coefficient (Wildman–Crippen LogP) is 2.85. The maximum absolute atomic E-state index is 2.20. The highest BCUT2D eigenvalue weighted by molar-refractivity contribution is 8.02. The monoisotopic (exact) mass is 148 g/mol. The van der Waals surface area contributed by atoms with Crippen LogP contribution in [0.3, 0.4) is 0 Å². The number of hydrogen-bond donors (Lipinski definition) is 0. The van der Waals surface area contributed by atoms with Crippen molar-refractivity contribution in [3.8, 4) is 0 Å². The van der Waals surface area contributed by atoms with Gasteiger partial charge in [-0.1, -0.05) is 36.0 Å². The molecule has 1 aliphatic rings. The fourth-order valence-electron chi connectivity index (χ4n) is 1.08. The van der Waals surface area contributed by atoms with Gasteiger partial charge in [0, 0.05) is 4.90 Å². The van der Waals surface area contributed by atoms with Crippen molar-refractivity contribution in [3.05, 3.63) is 41.3 Å². The maximum atomic E-state index is 2.20. The topological polar surface area (TPSA) is 0 Å². The van der Waals surface area contributed by atoms with Gasteiger partial charge >= 0.3 is 0 Å². The molecule has 0 unspecified atom stereocenters. The van der Waals surface area contributed by atoms with Crippen LogP contribution in [0.5, 0.6) is 0 Å². The molecule has 0 bridgehead atoms. The molecule has 1 heterocycles. The van der Waals surface area contributed by atoms with E-state index in [2.05, 4.69) is 35.7 Å². The average molecular weight is 148 g/mol. The summed E-state index contributed by atoms with van der Waals surface area (Å²) in [6.07, 6.45) is 3.30. The molecule has 0 aromatic heterocycles. The van der Waals surface area contributed by atoms with Gasteiger partial charge < -0.3 is 0 Å². The summed E-state index contributed by atoms with van der Waals surface area (Å²) in [6.45, 7) is 0. The summed E-state index contributed by atoms with van der Waals surface area (Å²) in [5.74, 6) is 0. The zero-order valence-corrected chi connectivity index (χ0v) is 6.40. The first kappa shape index (κ1) is 6.05. The van der Waals surface area contributed by atoms with Gasteiger partial charge in [0.25, 0.3) is 0 Å². The Labute approximate surface area is 65.0 Å². The normalized spacial score (nSPS) is 14.8. The van der Waals surface area contributed by atoms with Crippen molar-refractivity contribution in [2.75, 3.05) is 0 Å². The molecule has 0 saturated heterocycles.